The van der Waals surface area contributed by atoms with Crippen molar-refractivity contribution in [2.24, 2.45) is 0 Å². The maximum absolute atomic E-state index is 3.72. The maximum atomic E-state index is 3.72. The summed E-state index contributed by atoms with van der Waals surface area (Å²) in [5.41, 5.74) is 2.38. The van der Waals surface area contributed by atoms with Crippen LogP contribution in [0.3, 0.4) is 0 Å². The molecular weight excluding hydrogens is 446 g/mol. The highest BCUT2D eigenvalue weighted by Gasteiger charge is 2.15. The topological polar surface area (TPSA) is 15.8 Å². The van der Waals surface area contributed by atoms with Gasteiger partial charge in [0, 0.05) is 21.8 Å². The van der Waals surface area contributed by atoms with Crippen LogP contribution in [0.1, 0.15) is 0 Å². The van der Waals surface area contributed by atoms with Crippen molar-refractivity contribution in [1.29, 1.82) is 0 Å². The molecule has 1 aromatic heterocycles. The molecule has 9 aromatic rings. The Bertz CT molecular complexity index is 2240. The average Bonchev–Trinajstić information content (AvgIpc) is 3.36. The zero-order valence-corrected chi connectivity index (χ0v) is 20.0. The molecular formula is C36H21N. The van der Waals surface area contributed by atoms with Crippen LogP contribution < -0.4 is 0 Å². The van der Waals surface area contributed by atoms with Gasteiger partial charge < -0.3 is 4.98 Å². The second-order valence-electron chi connectivity index (χ2n) is 10.2. The van der Waals surface area contributed by atoms with Gasteiger partial charge in [-0.15, -0.1) is 0 Å². The predicted molar refractivity (Wildman–Crippen MR) is 161 cm³/mol. The molecule has 1 nitrogen and oxygen atoms in total. The summed E-state index contributed by atoms with van der Waals surface area (Å²) in [4.78, 5) is 3.72. The number of rotatable bonds is 0. The number of fused-ring (bicyclic) bond motifs is 15. The number of hydrogen-bond donors (Lipinski definition) is 1. The summed E-state index contributed by atoms with van der Waals surface area (Å²) in [5.74, 6) is 0. The van der Waals surface area contributed by atoms with Gasteiger partial charge in [-0.2, -0.15) is 0 Å². The molecule has 0 aliphatic carbocycles. The molecule has 37 heavy (non-hydrogen) atoms. The van der Waals surface area contributed by atoms with E-state index in [1.54, 1.807) is 0 Å². The first-order valence-electron chi connectivity index (χ1n) is 12.9. The molecule has 0 fully saturated rings. The Morgan fingerprint density at radius 1 is 0.270 bits per heavy atom. The highest BCUT2D eigenvalue weighted by molar-refractivity contribution is 6.33. The molecule has 0 aliphatic heterocycles. The van der Waals surface area contributed by atoms with E-state index in [-0.39, 0.29) is 0 Å². The summed E-state index contributed by atoms with van der Waals surface area (Å²) in [7, 11) is 0. The molecule has 1 heteroatoms. The summed E-state index contributed by atoms with van der Waals surface area (Å²) in [6, 6.07) is 44.8. The van der Waals surface area contributed by atoms with Crippen LogP contribution in [0.4, 0.5) is 0 Å². The largest absolute Gasteiger partial charge is 0.354 e. The van der Waals surface area contributed by atoms with Crippen molar-refractivity contribution in [2.75, 3.05) is 0 Å². The Kier molecular flexibility index (Phi) is 3.59. The van der Waals surface area contributed by atoms with Crippen molar-refractivity contribution < 1.29 is 0 Å². The summed E-state index contributed by atoms with van der Waals surface area (Å²) < 4.78 is 0. The van der Waals surface area contributed by atoms with Crippen LogP contribution in [0.2, 0.25) is 0 Å². The fourth-order valence-electron chi connectivity index (χ4n) is 6.70. The fraction of sp³-hybridized carbons (Fsp3) is 0. The van der Waals surface area contributed by atoms with Gasteiger partial charge in [0.15, 0.2) is 0 Å². The van der Waals surface area contributed by atoms with E-state index in [0.717, 1.165) is 0 Å². The quantitative estimate of drug-likeness (QED) is 0.214. The van der Waals surface area contributed by atoms with Crippen molar-refractivity contribution in [1.82, 2.24) is 4.98 Å². The highest BCUT2D eigenvalue weighted by atomic mass is 14.7. The van der Waals surface area contributed by atoms with Gasteiger partial charge in [0.1, 0.15) is 0 Å². The molecule has 170 valence electrons. The van der Waals surface area contributed by atoms with E-state index in [1.807, 2.05) is 0 Å². The number of aromatic amines is 1. The molecule has 0 saturated carbocycles. The fourth-order valence-corrected chi connectivity index (χ4v) is 6.70. The number of aromatic nitrogens is 1. The van der Waals surface area contributed by atoms with Crippen LogP contribution in [0.15, 0.2) is 121 Å². The van der Waals surface area contributed by atoms with Crippen LogP contribution in [0.25, 0.3) is 86.4 Å². The first-order chi connectivity index (χ1) is 18.3. The third kappa shape index (κ3) is 2.48. The highest BCUT2D eigenvalue weighted by Crippen LogP contribution is 2.41. The van der Waals surface area contributed by atoms with Gasteiger partial charge in [-0.25, -0.2) is 0 Å². The molecule has 1 N–H and O–H groups in total. The van der Waals surface area contributed by atoms with Crippen molar-refractivity contribution in [3.63, 3.8) is 0 Å². The normalized spacial score (nSPS) is 12.3. The van der Waals surface area contributed by atoms with Gasteiger partial charge in [-0.1, -0.05) is 109 Å². The van der Waals surface area contributed by atoms with Crippen molar-refractivity contribution in [2.45, 2.75) is 0 Å². The van der Waals surface area contributed by atoms with Crippen LogP contribution in [0.5, 0.6) is 0 Å². The Morgan fingerprint density at radius 3 is 1.14 bits per heavy atom. The third-order valence-electron chi connectivity index (χ3n) is 8.37. The number of nitrogens with one attached hydrogen (secondary N) is 1. The van der Waals surface area contributed by atoms with Crippen LogP contribution in [-0.2, 0) is 0 Å². The first-order valence-corrected chi connectivity index (χ1v) is 12.9. The Balaban J connectivity index is 1.46. The second-order valence-corrected chi connectivity index (χ2v) is 10.2. The van der Waals surface area contributed by atoms with Crippen LogP contribution >= 0.6 is 0 Å². The van der Waals surface area contributed by atoms with Gasteiger partial charge in [0.05, 0.1) is 0 Å². The average molecular weight is 468 g/mol. The van der Waals surface area contributed by atoms with Gasteiger partial charge >= 0.3 is 0 Å². The minimum atomic E-state index is 1.19. The molecule has 0 spiro atoms. The summed E-state index contributed by atoms with van der Waals surface area (Å²) in [6.07, 6.45) is 0. The zero-order valence-electron chi connectivity index (χ0n) is 20.0. The van der Waals surface area contributed by atoms with Crippen molar-refractivity contribution in [3.8, 4) is 0 Å². The number of hydrogen-bond acceptors (Lipinski definition) is 0. The Labute approximate surface area is 212 Å². The van der Waals surface area contributed by atoms with E-state index in [0.29, 0.717) is 0 Å². The lowest BCUT2D eigenvalue weighted by atomic mass is 9.92. The lowest BCUT2D eigenvalue weighted by molar-refractivity contribution is 1.56. The van der Waals surface area contributed by atoms with Gasteiger partial charge in [0.25, 0.3) is 0 Å². The molecule has 0 atom stereocenters. The molecule has 1 heterocycles. The number of benzene rings is 8. The molecule has 9 rings (SSSR count). The minimum absolute atomic E-state index is 1.19. The van der Waals surface area contributed by atoms with E-state index in [9.17, 15) is 0 Å². The lowest BCUT2D eigenvalue weighted by Crippen LogP contribution is -1.83. The van der Waals surface area contributed by atoms with Gasteiger partial charge in [-0.3, -0.25) is 0 Å². The molecule has 0 amide bonds. The van der Waals surface area contributed by atoms with E-state index in [4.69, 9.17) is 0 Å². The molecule has 8 aromatic carbocycles. The SMILES string of the molecule is c1ccc2c(c1)ccc1c2ccc2c1ccc1[nH]c3ccc4c5ccc6ccccc6c5ccc4c3c12. The van der Waals surface area contributed by atoms with E-state index >= 15 is 0 Å². The van der Waals surface area contributed by atoms with E-state index in [2.05, 4.69) is 126 Å². The Hall–Kier alpha value is -4.88. The predicted octanol–water partition coefficient (Wildman–Crippen LogP) is 10.2. The third-order valence-corrected chi connectivity index (χ3v) is 8.37. The smallest absolute Gasteiger partial charge is 0.0471 e. The summed E-state index contributed by atoms with van der Waals surface area (Å²) in [6.45, 7) is 0. The first kappa shape index (κ1) is 19.3. The molecule has 0 unspecified atom stereocenters. The Morgan fingerprint density at radius 2 is 0.622 bits per heavy atom. The molecule has 0 aliphatic rings. The van der Waals surface area contributed by atoms with Crippen molar-refractivity contribution in [3.05, 3.63) is 121 Å². The summed E-state index contributed by atoms with van der Waals surface area (Å²) >= 11 is 0. The minimum Gasteiger partial charge on any atom is -0.354 e. The zero-order chi connectivity index (χ0) is 24.1. The van der Waals surface area contributed by atoms with E-state index in [1.165, 1.54) is 86.4 Å². The number of H-pyrrole nitrogens is 1. The lowest BCUT2D eigenvalue weighted by Gasteiger charge is -2.10. The molecule has 0 radical (unpaired) electrons. The van der Waals surface area contributed by atoms with Gasteiger partial charge in [0.2, 0.25) is 0 Å². The van der Waals surface area contributed by atoms with Gasteiger partial charge in [-0.05, 0) is 76.8 Å². The van der Waals surface area contributed by atoms with Crippen molar-refractivity contribution >= 4 is 86.4 Å². The van der Waals surface area contributed by atoms with Crippen LogP contribution in [0, 0.1) is 0 Å². The van der Waals surface area contributed by atoms with Crippen LogP contribution in [-0.4, -0.2) is 4.98 Å². The standard InChI is InChI=1S/C36H21N/c1-3-7-23-21(5-1)9-11-27-25(23)13-15-31-29(27)17-19-33-35(31)36-32-16-14-26-24-8-4-2-6-22(24)10-12-28(26)30(32)18-20-34(36)37-33/h1-20,37H. The second kappa shape index (κ2) is 6.87. The summed E-state index contributed by atoms with van der Waals surface area (Å²) in [5, 5.41) is 18.3. The monoisotopic (exact) mass is 467 g/mol. The molecule has 0 bridgehead atoms. The van der Waals surface area contributed by atoms with E-state index < -0.39 is 0 Å². The molecule has 0 saturated heterocycles. The maximum Gasteiger partial charge on any atom is 0.0471 e.